The maximum absolute atomic E-state index is 12.8. The second-order valence-corrected chi connectivity index (χ2v) is 7.26. The predicted octanol–water partition coefficient (Wildman–Crippen LogP) is 5.67. The summed E-state index contributed by atoms with van der Waals surface area (Å²) in [5.74, 6) is -0.232. The van der Waals surface area contributed by atoms with E-state index in [1.807, 2.05) is 0 Å². The number of hydrogen-bond acceptors (Lipinski definition) is 4. The van der Waals surface area contributed by atoms with Crippen LogP contribution in [0.3, 0.4) is 0 Å². The summed E-state index contributed by atoms with van der Waals surface area (Å²) in [6.45, 7) is -0.218. The molecule has 0 aliphatic rings. The molecule has 0 aromatic heterocycles. The highest BCUT2D eigenvalue weighted by Crippen LogP contribution is 2.33. The molecule has 0 radical (unpaired) electrons. The van der Waals surface area contributed by atoms with E-state index in [2.05, 4.69) is 16.0 Å². The number of alkyl halides is 3. The van der Waals surface area contributed by atoms with Crippen molar-refractivity contribution in [2.75, 3.05) is 29.6 Å². The van der Waals surface area contributed by atoms with Crippen LogP contribution in [0.4, 0.5) is 30.2 Å². The van der Waals surface area contributed by atoms with Crippen molar-refractivity contribution in [1.29, 1.82) is 0 Å². The van der Waals surface area contributed by atoms with E-state index in [9.17, 15) is 22.8 Å². The number of halogens is 4. The number of ether oxygens (including phenoxy) is 1. The lowest BCUT2D eigenvalue weighted by molar-refractivity contribution is -0.137. The number of hydrogen-bond donors (Lipinski definition) is 3. The van der Waals surface area contributed by atoms with Crippen molar-refractivity contribution in [3.8, 4) is 5.75 Å². The van der Waals surface area contributed by atoms with Crippen molar-refractivity contribution in [2.45, 2.75) is 6.18 Å². The standard InChI is InChI=1S/C23H19ClF3N3O3/c1-33-18-9-7-17(8-10-18)29-22(32)14-2-5-16(6-3-14)28-13-21(31)30-20-12-15(23(25,26)27)4-11-19(20)24/h2-12,28H,13H2,1H3,(H,29,32)(H,30,31). The van der Waals surface area contributed by atoms with Crippen LogP contribution in [0, 0.1) is 0 Å². The molecule has 0 atom stereocenters. The Labute approximate surface area is 192 Å². The van der Waals surface area contributed by atoms with Gasteiger partial charge in [0.1, 0.15) is 5.75 Å². The minimum Gasteiger partial charge on any atom is -0.497 e. The Hall–Kier alpha value is -3.72. The summed E-state index contributed by atoms with van der Waals surface area (Å²) >= 11 is 5.88. The fourth-order valence-electron chi connectivity index (χ4n) is 2.79. The summed E-state index contributed by atoms with van der Waals surface area (Å²) in [4.78, 5) is 24.5. The van der Waals surface area contributed by atoms with Crippen molar-refractivity contribution in [2.24, 2.45) is 0 Å². The molecule has 0 heterocycles. The fourth-order valence-corrected chi connectivity index (χ4v) is 2.96. The Morgan fingerprint density at radius 1 is 0.909 bits per heavy atom. The van der Waals surface area contributed by atoms with E-state index in [1.165, 1.54) is 0 Å². The molecular weight excluding hydrogens is 459 g/mol. The van der Waals surface area contributed by atoms with E-state index in [-0.39, 0.29) is 23.2 Å². The van der Waals surface area contributed by atoms with E-state index in [0.717, 1.165) is 18.2 Å². The Bertz CT molecular complexity index is 1130. The zero-order valence-corrected chi connectivity index (χ0v) is 18.1. The van der Waals surface area contributed by atoms with Crippen LogP contribution in [0.5, 0.6) is 5.75 Å². The first-order chi connectivity index (χ1) is 15.7. The SMILES string of the molecule is COc1ccc(NC(=O)c2ccc(NCC(=O)Nc3cc(C(F)(F)F)ccc3Cl)cc2)cc1. The Kier molecular flexibility index (Phi) is 7.44. The van der Waals surface area contributed by atoms with Gasteiger partial charge in [-0.1, -0.05) is 11.6 Å². The lowest BCUT2D eigenvalue weighted by atomic mass is 10.2. The molecule has 0 aliphatic carbocycles. The summed E-state index contributed by atoms with van der Waals surface area (Å²) in [6, 6.07) is 15.9. The largest absolute Gasteiger partial charge is 0.497 e. The second kappa shape index (κ2) is 10.3. The molecule has 3 rings (SSSR count). The molecule has 0 unspecified atom stereocenters. The first kappa shape index (κ1) is 23.9. The topological polar surface area (TPSA) is 79.5 Å². The van der Waals surface area contributed by atoms with Crippen LogP contribution in [0.15, 0.2) is 66.7 Å². The highest BCUT2D eigenvalue weighted by atomic mass is 35.5. The summed E-state index contributed by atoms with van der Waals surface area (Å²) < 4.78 is 43.6. The van der Waals surface area contributed by atoms with Gasteiger partial charge in [0.15, 0.2) is 0 Å². The average Bonchev–Trinajstić information content (AvgIpc) is 2.79. The minimum atomic E-state index is -4.55. The Balaban J connectivity index is 1.54. The molecule has 3 N–H and O–H groups in total. The second-order valence-electron chi connectivity index (χ2n) is 6.85. The number of methoxy groups -OCH3 is 1. The normalized spacial score (nSPS) is 10.9. The van der Waals surface area contributed by atoms with Gasteiger partial charge in [-0.05, 0) is 66.7 Å². The molecule has 2 amide bonds. The number of benzene rings is 3. The Morgan fingerprint density at radius 3 is 2.15 bits per heavy atom. The van der Waals surface area contributed by atoms with E-state index in [1.54, 1.807) is 55.6 Å². The average molecular weight is 478 g/mol. The molecule has 10 heteroatoms. The first-order valence-corrected chi connectivity index (χ1v) is 9.99. The number of nitrogens with one attached hydrogen (secondary N) is 3. The molecule has 0 saturated heterocycles. The number of amides is 2. The van der Waals surface area contributed by atoms with Gasteiger partial charge in [0.25, 0.3) is 5.91 Å². The molecule has 33 heavy (non-hydrogen) atoms. The van der Waals surface area contributed by atoms with Crippen molar-refractivity contribution in [1.82, 2.24) is 0 Å². The van der Waals surface area contributed by atoms with Gasteiger partial charge in [0.05, 0.1) is 29.9 Å². The molecular formula is C23H19ClF3N3O3. The minimum absolute atomic E-state index is 0.0106. The predicted molar refractivity (Wildman–Crippen MR) is 121 cm³/mol. The van der Waals surface area contributed by atoms with Gasteiger partial charge in [-0.15, -0.1) is 0 Å². The number of anilines is 3. The molecule has 0 spiro atoms. The monoisotopic (exact) mass is 477 g/mol. The van der Waals surface area contributed by atoms with Crippen molar-refractivity contribution in [3.63, 3.8) is 0 Å². The summed E-state index contributed by atoms with van der Waals surface area (Å²) in [5, 5.41) is 7.93. The van der Waals surface area contributed by atoms with Crippen LogP contribution < -0.4 is 20.7 Å². The lowest BCUT2D eigenvalue weighted by Gasteiger charge is -2.12. The summed E-state index contributed by atoms with van der Waals surface area (Å²) in [6.07, 6.45) is -4.55. The molecule has 0 saturated carbocycles. The van der Waals surface area contributed by atoms with Crippen LogP contribution >= 0.6 is 11.6 Å². The van der Waals surface area contributed by atoms with Gasteiger partial charge in [-0.2, -0.15) is 13.2 Å². The zero-order chi connectivity index (χ0) is 24.0. The van der Waals surface area contributed by atoms with Crippen LogP contribution in [-0.2, 0) is 11.0 Å². The van der Waals surface area contributed by atoms with Crippen LogP contribution in [0.25, 0.3) is 0 Å². The third-order valence-corrected chi connectivity index (χ3v) is 4.85. The van der Waals surface area contributed by atoms with Gasteiger partial charge in [0.2, 0.25) is 5.91 Å². The smallest absolute Gasteiger partial charge is 0.416 e. The van der Waals surface area contributed by atoms with E-state index >= 15 is 0 Å². The van der Waals surface area contributed by atoms with Crippen LogP contribution in [0.1, 0.15) is 15.9 Å². The number of rotatable bonds is 7. The maximum atomic E-state index is 12.8. The third kappa shape index (κ3) is 6.63. The van der Waals surface area contributed by atoms with E-state index < -0.39 is 17.6 Å². The van der Waals surface area contributed by atoms with Crippen LogP contribution in [-0.4, -0.2) is 25.5 Å². The molecule has 3 aromatic carbocycles. The summed E-state index contributed by atoms with van der Waals surface area (Å²) in [7, 11) is 1.55. The molecule has 0 bridgehead atoms. The molecule has 0 fully saturated rings. The van der Waals surface area contributed by atoms with Gasteiger partial charge >= 0.3 is 6.18 Å². The molecule has 172 valence electrons. The van der Waals surface area contributed by atoms with Crippen molar-refractivity contribution < 1.29 is 27.5 Å². The van der Waals surface area contributed by atoms with Gasteiger partial charge in [-0.3, -0.25) is 9.59 Å². The maximum Gasteiger partial charge on any atom is 0.416 e. The lowest BCUT2D eigenvalue weighted by Crippen LogP contribution is -2.22. The zero-order valence-electron chi connectivity index (χ0n) is 17.3. The highest BCUT2D eigenvalue weighted by Gasteiger charge is 2.31. The summed E-state index contributed by atoms with van der Waals surface area (Å²) in [5.41, 5.74) is 0.494. The van der Waals surface area contributed by atoms with Gasteiger partial charge < -0.3 is 20.7 Å². The van der Waals surface area contributed by atoms with Crippen molar-refractivity contribution in [3.05, 3.63) is 82.9 Å². The third-order valence-electron chi connectivity index (χ3n) is 4.52. The molecule has 3 aromatic rings. The van der Waals surface area contributed by atoms with Crippen LogP contribution in [0.2, 0.25) is 5.02 Å². The Morgan fingerprint density at radius 2 is 1.55 bits per heavy atom. The van der Waals surface area contributed by atoms with Gasteiger partial charge in [0, 0.05) is 16.9 Å². The molecule has 6 nitrogen and oxygen atoms in total. The van der Waals surface area contributed by atoms with Crippen molar-refractivity contribution >= 4 is 40.5 Å². The number of carbonyl (C=O) groups is 2. The number of carbonyl (C=O) groups excluding carboxylic acids is 2. The quantitative estimate of drug-likeness (QED) is 0.409. The van der Waals surface area contributed by atoms with E-state index in [0.29, 0.717) is 22.7 Å². The van der Waals surface area contributed by atoms with E-state index in [4.69, 9.17) is 16.3 Å². The first-order valence-electron chi connectivity index (χ1n) is 9.61. The fraction of sp³-hybridized carbons (Fsp3) is 0.130. The highest BCUT2D eigenvalue weighted by molar-refractivity contribution is 6.33. The van der Waals surface area contributed by atoms with Gasteiger partial charge in [-0.25, -0.2) is 0 Å². The molecule has 0 aliphatic heterocycles.